The highest BCUT2D eigenvalue weighted by Crippen LogP contribution is 2.34. The van der Waals surface area contributed by atoms with Crippen LogP contribution in [-0.2, 0) is 14.8 Å². The number of hydrogen-bond acceptors (Lipinski definition) is 3. The summed E-state index contributed by atoms with van der Waals surface area (Å²) in [6, 6.07) is 16.8. The Hall–Kier alpha value is -1.69. The molecule has 0 unspecified atom stereocenters. The molecular formula is C19H23NO3S. The molecule has 0 bridgehead atoms. The van der Waals surface area contributed by atoms with Crippen molar-refractivity contribution in [2.24, 2.45) is 0 Å². The second-order valence-electron chi connectivity index (χ2n) is 6.17. The Labute approximate surface area is 144 Å². The molecule has 4 nitrogen and oxygen atoms in total. The van der Waals surface area contributed by atoms with Gasteiger partial charge in [-0.05, 0) is 31.0 Å². The molecule has 0 radical (unpaired) electrons. The molecule has 3 rings (SSSR count). The van der Waals surface area contributed by atoms with Crippen LogP contribution < -0.4 is 0 Å². The van der Waals surface area contributed by atoms with E-state index in [0.717, 1.165) is 17.5 Å². The zero-order valence-electron chi connectivity index (χ0n) is 14.1. The predicted molar refractivity (Wildman–Crippen MR) is 94.0 cm³/mol. The third kappa shape index (κ3) is 3.38. The SMILES string of the molecule is CCC[C@H]1O[C@@H](c2ccccc2)CN1S(=O)(=O)c1ccc(C)cc1. The largest absolute Gasteiger partial charge is 0.353 e. The van der Waals surface area contributed by atoms with E-state index in [2.05, 4.69) is 0 Å². The number of nitrogens with zero attached hydrogens (tertiary/aromatic N) is 1. The summed E-state index contributed by atoms with van der Waals surface area (Å²) in [6.07, 6.45) is 0.926. The zero-order valence-corrected chi connectivity index (χ0v) is 14.9. The molecule has 1 aliphatic heterocycles. The number of hydrogen-bond donors (Lipinski definition) is 0. The van der Waals surface area contributed by atoms with Gasteiger partial charge in [0.05, 0.1) is 11.0 Å². The van der Waals surface area contributed by atoms with E-state index in [-0.39, 0.29) is 6.10 Å². The Morgan fingerprint density at radius 2 is 1.75 bits per heavy atom. The van der Waals surface area contributed by atoms with Crippen molar-refractivity contribution in [3.8, 4) is 0 Å². The van der Waals surface area contributed by atoms with Crippen molar-refractivity contribution in [2.45, 2.75) is 43.9 Å². The van der Waals surface area contributed by atoms with Crippen LogP contribution in [0.3, 0.4) is 0 Å². The molecule has 0 aromatic heterocycles. The maximum atomic E-state index is 13.1. The molecule has 5 heteroatoms. The van der Waals surface area contributed by atoms with E-state index >= 15 is 0 Å². The highest BCUT2D eigenvalue weighted by molar-refractivity contribution is 7.89. The van der Waals surface area contributed by atoms with Crippen molar-refractivity contribution >= 4 is 10.0 Å². The summed E-state index contributed by atoms with van der Waals surface area (Å²) in [6.45, 7) is 4.33. The predicted octanol–water partition coefficient (Wildman–Crippen LogP) is 3.88. The van der Waals surface area contributed by atoms with Gasteiger partial charge in [0.25, 0.3) is 0 Å². The molecule has 1 heterocycles. The molecule has 0 amide bonds. The molecule has 24 heavy (non-hydrogen) atoms. The molecule has 1 aliphatic rings. The van der Waals surface area contributed by atoms with Crippen LogP contribution in [0.4, 0.5) is 0 Å². The van der Waals surface area contributed by atoms with Crippen molar-refractivity contribution in [3.63, 3.8) is 0 Å². The van der Waals surface area contributed by atoms with E-state index in [1.54, 1.807) is 12.1 Å². The number of ether oxygens (including phenoxy) is 1. The van der Waals surface area contributed by atoms with Crippen molar-refractivity contribution in [1.29, 1.82) is 0 Å². The quantitative estimate of drug-likeness (QED) is 0.826. The molecule has 128 valence electrons. The highest BCUT2D eigenvalue weighted by Gasteiger charge is 2.41. The normalized spacial score (nSPS) is 21.9. The highest BCUT2D eigenvalue weighted by atomic mass is 32.2. The minimum atomic E-state index is -3.56. The Morgan fingerprint density at radius 3 is 2.38 bits per heavy atom. The fourth-order valence-corrected chi connectivity index (χ4v) is 4.54. The first kappa shape index (κ1) is 17.1. The summed E-state index contributed by atoms with van der Waals surface area (Å²) >= 11 is 0. The first-order chi connectivity index (χ1) is 11.5. The lowest BCUT2D eigenvalue weighted by atomic mass is 10.1. The van der Waals surface area contributed by atoms with Crippen LogP contribution >= 0.6 is 0 Å². The monoisotopic (exact) mass is 345 g/mol. The van der Waals surface area contributed by atoms with Gasteiger partial charge in [0.1, 0.15) is 6.23 Å². The fourth-order valence-electron chi connectivity index (χ4n) is 2.99. The van der Waals surface area contributed by atoms with Gasteiger partial charge in [-0.15, -0.1) is 0 Å². The van der Waals surface area contributed by atoms with Crippen LogP contribution in [0.1, 0.15) is 37.0 Å². The van der Waals surface area contributed by atoms with Gasteiger partial charge in [-0.2, -0.15) is 4.31 Å². The van der Waals surface area contributed by atoms with Gasteiger partial charge in [0.2, 0.25) is 10.0 Å². The Bertz CT molecular complexity index is 772. The molecule has 0 saturated carbocycles. The fraction of sp³-hybridized carbons (Fsp3) is 0.368. The van der Waals surface area contributed by atoms with E-state index in [1.165, 1.54) is 4.31 Å². The summed E-state index contributed by atoms with van der Waals surface area (Å²) in [5, 5.41) is 0. The molecule has 1 fully saturated rings. The van der Waals surface area contributed by atoms with Gasteiger partial charge in [-0.3, -0.25) is 0 Å². The molecular weight excluding hydrogens is 322 g/mol. The van der Waals surface area contributed by atoms with Gasteiger partial charge in [0.15, 0.2) is 0 Å². The van der Waals surface area contributed by atoms with Crippen molar-refractivity contribution in [2.75, 3.05) is 6.54 Å². The van der Waals surface area contributed by atoms with Crippen molar-refractivity contribution < 1.29 is 13.2 Å². The van der Waals surface area contributed by atoms with Crippen molar-refractivity contribution in [3.05, 3.63) is 65.7 Å². The van der Waals surface area contributed by atoms with Gasteiger partial charge < -0.3 is 4.74 Å². The van der Waals surface area contributed by atoms with Crippen molar-refractivity contribution in [1.82, 2.24) is 4.31 Å². The van der Waals surface area contributed by atoms with Crippen LogP contribution in [-0.4, -0.2) is 25.5 Å². The van der Waals surface area contributed by atoms with Gasteiger partial charge in [0, 0.05) is 6.54 Å². The number of benzene rings is 2. The van der Waals surface area contributed by atoms with Crippen LogP contribution in [0.2, 0.25) is 0 Å². The summed E-state index contributed by atoms with van der Waals surface area (Å²) in [7, 11) is -3.56. The van der Waals surface area contributed by atoms with Gasteiger partial charge >= 0.3 is 0 Å². The average molecular weight is 345 g/mol. The standard InChI is InChI=1S/C19H23NO3S/c1-3-7-19-20(14-18(23-19)16-8-5-4-6-9-16)24(21,22)17-12-10-15(2)11-13-17/h4-6,8-13,18-19H,3,7,14H2,1-2H3/t18-,19-/m1/s1. The molecule has 0 spiro atoms. The Balaban J connectivity index is 1.90. The molecule has 1 saturated heterocycles. The van der Waals surface area contributed by atoms with Crippen LogP contribution in [0.15, 0.2) is 59.5 Å². The zero-order chi connectivity index (χ0) is 17.2. The minimum absolute atomic E-state index is 0.219. The Kier molecular flexibility index (Phi) is 5.04. The minimum Gasteiger partial charge on any atom is -0.353 e. The van der Waals surface area contributed by atoms with E-state index in [0.29, 0.717) is 17.9 Å². The third-order valence-electron chi connectivity index (χ3n) is 4.32. The molecule has 0 aliphatic carbocycles. The maximum Gasteiger partial charge on any atom is 0.245 e. The van der Waals surface area contributed by atoms with E-state index in [9.17, 15) is 8.42 Å². The number of rotatable bonds is 5. The maximum absolute atomic E-state index is 13.1. The summed E-state index contributed by atoms with van der Waals surface area (Å²) in [4.78, 5) is 0.325. The topological polar surface area (TPSA) is 46.6 Å². The first-order valence-electron chi connectivity index (χ1n) is 8.31. The van der Waals surface area contributed by atoms with E-state index in [4.69, 9.17) is 4.74 Å². The lowest BCUT2D eigenvalue weighted by Crippen LogP contribution is -2.36. The third-order valence-corrected chi connectivity index (χ3v) is 6.19. The number of aryl methyl sites for hydroxylation is 1. The second-order valence-corrected chi connectivity index (χ2v) is 8.06. The van der Waals surface area contributed by atoms with E-state index in [1.807, 2.05) is 56.3 Å². The van der Waals surface area contributed by atoms with Crippen LogP contribution in [0.25, 0.3) is 0 Å². The first-order valence-corrected chi connectivity index (χ1v) is 9.75. The smallest absolute Gasteiger partial charge is 0.245 e. The van der Waals surface area contributed by atoms with Crippen LogP contribution in [0, 0.1) is 6.92 Å². The lowest BCUT2D eigenvalue weighted by molar-refractivity contribution is 0.0157. The molecule has 0 N–H and O–H groups in total. The Morgan fingerprint density at radius 1 is 1.08 bits per heavy atom. The van der Waals surface area contributed by atoms with Gasteiger partial charge in [-0.1, -0.05) is 61.4 Å². The second kappa shape index (κ2) is 7.05. The molecule has 2 atom stereocenters. The molecule has 2 aromatic rings. The molecule has 2 aromatic carbocycles. The number of sulfonamides is 1. The lowest BCUT2D eigenvalue weighted by Gasteiger charge is -2.22. The summed E-state index contributed by atoms with van der Waals surface area (Å²) in [5.74, 6) is 0. The van der Waals surface area contributed by atoms with Crippen LogP contribution in [0.5, 0.6) is 0 Å². The summed E-state index contributed by atoms with van der Waals surface area (Å²) < 4.78 is 33.7. The van der Waals surface area contributed by atoms with Gasteiger partial charge in [-0.25, -0.2) is 8.42 Å². The van der Waals surface area contributed by atoms with E-state index < -0.39 is 16.3 Å². The average Bonchev–Trinajstić information content (AvgIpc) is 3.01. The summed E-state index contributed by atoms with van der Waals surface area (Å²) in [5.41, 5.74) is 2.05.